The molecule has 1 aliphatic heterocycles. The van der Waals surface area contributed by atoms with Gasteiger partial charge in [0.1, 0.15) is 5.82 Å². The second-order valence-electron chi connectivity index (χ2n) is 5.94. The minimum absolute atomic E-state index is 0.234. The molecule has 0 saturated heterocycles. The summed E-state index contributed by atoms with van der Waals surface area (Å²) < 4.78 is 18.0. The van der Waals surface area contributed by atoms with Crippen LogP contribution in [0.5, 0.6) is 0 Å². The Bertz CT molecular complexity index is 899. The van der Waals surface area contributed by atoms with Gasteiger partial charge in [-0.2, -0.15) is 0 Å². The molecule has 0 spiro atoms. The van der Waals surface area contributed by atoms with Crippen LogP contribution in [0.3, 0.4) is 0 Å². The molecule has 2 aromatic rings. The molecule has 1 heterocycles. The predicted molar refractivity (Wildman–Crippen MR) is 96.1 cm³/mol. The van der Waals surface area contributed by atoms with Gasteiger partial charge in [-0.05, 0) is 36.3 Å². The molecule has 0 radical (unpaired) electrons. The smallest absolute Gasteiger partial charge is 0.340 e. The summed E-state index contributed by atoms with van der Waals surface area (Å²) in [4.78, 5) is 26.8. The van der Waals surface area contributed by atoms with Gasteiger partial charge in [-0.3, -0.25) is 4.79 Å². The first-order valence-corrected chi connectivity index (χ1v) is 8.14. The highest BCUT2D eigenvalue weighted by atomic mass is 19.1. The minimum atomic E-state index is -0.570. The number of benzene rings is 2. The molecule has 4 nitrogen and oxygen atoms in total. The molecule has 1 aliphatic rings. The highest BCUT2D eigenvalue weighted by Gasteiger charge is 2.36. The lowest BCUT2D eigenvalue weighted by molar-refractivity contribution is -0.136. The third kappa shape index (κ3) is 3.42. The minimum Gasteiger partial charge on any atom is -0.465 e. The van der Waals surface area contributed by atoms with E-state index in [1.165, 1.54) is 19.2 Å². The maximum Gasteiger partial charge on any atom is 0.340 e. The Morgan fingerprint density at radius 3 is 2.38 bits per heavy atom. The highest BCUT2D eigenvalue weighted by Crippen LogP contribution is 2.32. The second kappa shape index (κ2) is 7.35. The lowest BCUT2D eigenvalue weighted by atomic mass is 10.0. The zero-order valence-corrected chi connectivity index (χ0v) is 14.5. The van der Waals surface area contributed by atoms with Crippen LogP contribution in [0.15, 0.2) is 71.4 Å². The van der Waals surface area contributed by atoms with Crippen molar-refractivity contribution in [2.24, 2.45) is 0 Å². The first-order valence-electron chi connectivity index (χ1n) is 8.14. The SMILES string of the molecule is COC(=O)C1=C(C)N(Cc2ccccc2)C(=O)C1=Cc1ccc(F)cc1. The number of ether oxygens (including phenoxy) is 1. The summed E-state index contributed by atoms with van der Waals surface area (Å²) in [5.74, 6) is -1.22. The Balaban J connectivity index is 2.02. The van der Waals surface area contributed by atoms with Gasteiger partial charge >= 0.3 is 5.97 Å². The number of allylic oxidation sites excluding steroid dienone is 1. The van der Waals surface area contributed by atoms with Gasteiger partial charge in [0, 0.05) is 5.70 Å². The summed E-state index contributed by atoms with van der Waals surface area (Å²) in [6, 6.07) is 15.2. The van der Waals surface area contributed by atoms with Gasteiger partial charge in [-0.1, -0.05) is 42.5 Å². The number of hydrogen-bond donors (Lipinski definition) is 0. The molecule has 5 heteroatoms. The molecular formula is C21H18FNO3. The Morgan fingerprint density at radius 2 is 1.77 bits per heavy atom. The zero-order valence-electron chi connectivity index (χ0n) is 14.5. The van der Waals surface area contributed by atoms with E-state index in [2.05, 4.69) is 0 Å². The molecule has 0 unspecified atom stereocenters. The molecule has 0 atom stereocenters. The van der Waals surface area contributed by atoms with Crippen LogP contribution in [0.2, 0.25) is 0 Å². The van der Waals surface area contributed by atoms with Gasteiger partial charge in [0.25, 0.3) is 5.91 Å². The third-order valence-electron chi connectivity index (χ3n) is 4.27. The van der Waals surface area contributed by atoms with Gasteiger partial charge in [0.2, 0.25) is 0 Å². The molecule has 0 bridgehead atoms. The topological polar surface area (TPSA) is 46.6 Å². The van der Waals surface area contributed by atoms with Crippen LogP contribution in [0.25, 0.3) is 6.08 Å². The van der Waals surface area contributed by atoms with Crippen molar-refractivity contribution in [2.75, 3.05) is 7.11 Å². The van der Waals surface area contributed by atoms with Gasteiger partial charge in [-0.25, -0.2) is 9.18 Å². The van der Waals surface area contributed by atoms with Crippen molar-refractivity contribution in [3.05, 3.63) is 88.4 Å². The van der Waals surface area contributed by atoms with Crippen molar-refractivity contribution >= 4 is 18.0 Å². The van der Waals surface area contributed by atoms with Crippen molar-refractivity contribution in [1.82, 2.24) is 4.90 Å². The first-order chi connectivity index (χ1) is 12.5. The Labute approximate surface area is 151 Å². The van der Waals surface area contributed by atoms with E-state index in [1.807, 2.05) is 30.3 Å². The maximum atomic E-state index is 13.1. The summed E-state index contributed by atoms with van der Waals surface area (Å²) in [6.45, 7) is 2.07. The number of esters is 1. The van der Waals surface area contributed by atoms with Crippen molar-refractivity contribution in [2.45, 2.75) is 13.5 Å². The van der Waals surface area contributed by atoms with Crippen molar-refractivity contribution in [3.63, 3.8) is 0 Å². The number of carbonyl (C=O) groups excluding carboxylic acids is 2. The Morgan fingerprint density at radius 1 is 1.12 bits per heavy atom. The van der Waals surface area contributed by atoms with E-state index in [0.717, 1.165) is 5.56 Å². The summed E-state index contributed by atoms with van der Waals surface area (Å²) >= 11 is 0. The molecule has 1 amide bonds. The third-order valence-corrected chi connectivity index (χ3v) is 4.27. The van der Waals surface area contributed by atoms with Gasteiger partial charge in [0.05, 0.1) is 24.8 Å². The molecule has 132 valence electrons. The molecule has 0 aromatic heterocycles. The number of rotatable bonds is 4. The molecule has 0 aliphatic carbocycles. The number of hydrogen-bond acceptors (Lipinski definition) is 3. The van der Waals surface area contributed by atoms with Gasteiger partial charge in [-0.15, -0.1) is 0 Å². The van der Waals surface area contributed by atoms with Crippen molar-refractivity contribution in [3.8, 4) is 0 Å². The van der Waals surface area contributed by atoms with E-state index in [-0.39, 0.29) is 22.9 Å². The van der Waals surface area contributed by atoms with E-state index < -0.39 is 5.97 Å². The van der Waals surface area contributed by atoms with Crippen LogP contribution in [0.4, 0.5) is 4.39 Å². The molecular weight excluding hydrogens is 333 g/mol. The van der Waals surface area contributed by atoms with E-state index in [4.69, 9.17) is 4.74 Å². The lowest BCUT2D eigenvalue weighted by Gasteiger charge is -2.17. The summed E-state index contributed by atoms with van der Waals surface area (Å²) in [6.07, 6.45) is 1.59. The summed E-state index contributed by atoms with van der Waals surface area (Å²) in [5.41, 5.74) is 2.60. The molecule has 0 fully saturated rings. The number of methoxy groups -OCH3 is 1. The van der Waals surface area contributed by atoms with E-state index >= 15 is 0 Å². The van der Waals surface area contributed by atoms with Gasteiger partial charge in [0.15, 0.2) is 0 Å². The second-order valence-corrected chi connectivity index (χ2v) is 5.94. The van der Waals surface area contributed by atoms with Crippen LogP contribution in [0.1, 0.15) is 18.1 Å². The fourth-order valence-corrected chi connectivity index (χ4v) is 2.91. The monoisotopic (exact) mass is 351 g/mol. The van der Waals surface area contributed by atoms with Crippen LogP contribution in [0, 0.1) is 5.82 Å². The summed E-state index contributed by atoms with van der Waals surface area (Å²) in [7, 11) is 1.28. The molecule has 26 heavy (non-hydrogen) atoms. The number of carbonyl (C=O) groups is 2. The number of halogens is 1. The van der Waals surface area contributed by atoms with E-state index in [1.54, 1.807) is 30.0 Å². The predicted octanol–water partition coefficient (Wildman–Crippen LogP) is 3.70. The standard InChI is InChI=1S/C21H18FNO3/c1-14-19(21(25)26-2)18(12-15-8-10-17(22)11-9-15)20(24)23(14)13-16-6-4-3-5-7-16/h3-12H,13H2,1-2H3. The number of amides is 1. The number of nitrogens with zero attached hydrogens (tertiary/aromatic N) is 1. The Hall–Kier alpha value is -3.21. The van der Waals surface area contributed by atoms with Crippen LogP contribution < -0.4 is 0 Å². The zero-order chi connectivity index (χ0) is 18.7. The normalized spacial score (nSPS) is 15.7. The maximum absolute atomic E-state index is 13.1. The Kier molecular flexibility index (Phi) is 4.98. The van der Waals surface area contributed by atoms with Crippen molar-refractivity contribution in [1.29, 1.82) is 0 Å². The molecule has 2 aromatic carbocycles. The van der Waals surface area contributed by atoms with E-state index in [0.29, 0.717) is 17.8 Å². The lowest BCUT2D eigenvalue weighted by Crippen LogP contribution is -2.24. The average Bonchev–Trinajstić information content (AvgIpc) is 2.88. The van der Waals surface area contributed by atoms with Crippen LogP contribution in [-0.2, 0) is 20.9 Å². The van der Waals surface area contributed by atoms with Crippen molar-refractivity contribution < 1.29 is 18.7 Å². The van der Waals surface area contributed by atoms with Crippen LogP contribution in [-0.4, -0.2) is 23.9 Å². The largest absolute Gasteiger partial charge is 0.465 e. The molecule has 0 N–H and O–H groups in total. The quantitative estimate of drug-likeness (QED) is 0.623. The first kappa shape index (κ1) is 17.6. The van der Waals surface area contributed by atoms with Gasteiger partial charge < -0.3 is 9.64 Å². The van der Waals surface area contributed by atoms with Crippen LogP contribution >= 0.6 is 0 Å². The van der Waals surface area contributed by atoms with E-state index in [9.17, 15) is 14.0 Å². The summed E-state index contributed by atoms with van der Waals surface area (Å²) in [5, 5.41) is 0. The highest BCUT2D eigenvalue weighted by molar-refractivity contribution is 6.16. The fourth-order valence-electron chi connectivity index (χ4n) is 2.91. The fraction of sp³-hybridized carbons (Fsp3) is 0.143. The average molecular weight is 351 g/mol. The molecule has 3 rings (SSSR count). The molecule has 0 saturated carbocycles.